The third-order valence-electron chi connectivity index (χ3n) is 2.76. The van der Waals surface area contributed by atoms with Gasteiger partial charge in [-0.2, -0.15) is 0 Å². The third-order valence-corrected chi connectivity index (χ3v) is 3.33. The number of carbonyl (C=O) groups is 1. The number of nitrogens with one attached hydrogen (secondary N) is 1. The second-order valence-corrected chi connectivity index (χ2v) is 4.68. The van der Waals surface area contributed by atoms with E-state index < -0.39 is 0 Å². The van der Waals surface area contributed by atoms with Crippen molar-refractivity contribution >= 4 is 29.1 Å². The lowest BCUT2D eigenvalue weighted by molar-refractivity contribution is -0.119. The van der Waals surface area contributed by atoms with Crippen LogP contribution >= 0.6 is 23.2 Å². The molecule has 2 nitrogen and oxygen atoms in total. The van der Waals surface area contributed by atoms with E-state index in [4.69, 9.17) is 23.2 Å². The monoisotopic (exact) mass is 243 g/mol. The van der Waals surface area contributed by atoms with Crippen molar-refractivity contribution in [1.29, 1.82) is 0 Å². The number of rotatable bonds is 1. The minimum Gasteiger partial charge on any atom is -0.353 e. The standard InChI is InChI=1S/C11H11Cl2NO/c1-6-8(5-11(15)14-6)9-4-7(12)2-3-10(9)13/h2-4,6,8H,5H2,1H3,(H,14,15). The van der Waals surface area contributed by atoms with E-state index in [1.807, 2.05) is 13.0 Å². The Hall–Kier alpha value is -0.730. The van der Waals surface area contributed by atoms with Gasteiger partial charge in [0.1, 0.15) is 0 Å². The molecule has 4 heteroatoms. The van der Waals surface area contributed by atoms with Gasteiger partial charge in [-0.05, 0) is 30.7 Å². The summed E-state index contributed by atoms with van der Waals surface area (Å²) < 4.78 is 0. The molecule has 2 atom stereocenters. The summed E-state index contributed by atoms with van der Waals surface area (Å²) in [5, 5.41) is 4.20. The summed E-state index contributed by atoms with van der Waals surface area (Å²) in [7, 11) is 0. The fraction of sp³-hybridized carbons (Fsp3) is 0.364. The van der Waals surface area contributed by atoms with Gasteiger partial charge in [-0.15, -0.1) is 0 Å². The van der Waals surface area contributed by atoms with Crippen LogP contribution in [0.25, 0.3) is 0 Å². The van der Waals surface area contributed by atoms with Gasteiger partial charge >= 0.3 is 0 Å². The first-order valence-electron chi connectivity index (χ1n) is 4.82. The van der Waals surface area contributed by atoms with E-state index in [0.717, 1.165) is 5.56 Å². The van der Waals surface area contributed by atoms with Crippen LogP contribution in [0.15, 0.2) is 18.2 Å². The predicted octanol–water partition coefficient (Wildman–Crippen LogP) is 2.99. The first-order valence-corrected chi connectivity index (χ1v) is 5.58. The fourth-order valence-electron chi connectivity index (χ4n) is 1.97. The molecule has 1 heterocycles. The van der Waals surface area contributed by atoms with E-state index >= 15 is 0 Å². The van der Waals surface area contributed by atoms with E-state index in [9.17, 15) is 4.79 Å². The minimum absolute atomic E-state index is 0.0727. The normalized spacial score (nSPS) is 25.4. The Bertz CT molecular complexity index is 406. The SMILES string of the molecule is CC1NC(=O)CC1c1cc(Cl)ccc1Cl. The zero-order chi connectivity index (χ0) is 11.0. The van der Waals surface area contributed by atoms with E-state index in [1.165, 1.54) is 0 Å². The average molecular weight is 244 g/mol. The van der Waals surface area contributed by atoms with Crippen LogP contribution in [0.5, 0.6) is 0 Å². The molecule has 0 bridgehead atoms. The van der Waals surface area contributed by atoms with Gasteiger partial charge in [0.2, 0.25) is 5.91 Å². The van der Waals surface area contributed by atoms with E-state index in [1.54, 1.807) is 12.1 Å². The Morgan fingerprint density at radius 3 is 2.73 bits per heavy atom. The van der Waals surface area contributed by atoms with Crippen LogP contribution in [0.4, 0.5) is 0 Å². The van der Waals surface area contributed by atoms with Gasteiger partial charge in [0.25, 0.3) is 0 Å². The Labute approximate surface area is 98.6 Å². The predicted molar refractivity (Wildman–Crippen MR) is 61.4 cm³/mol. The zero-order valence-corrected chi connectivity index (χ0v) is 9.77. The Morgan fingerprint density at radius 2 is 2.13 bits per heavy atom. The van der Waals surface area contributed by atoms with Gasteiger partial charge in [0, 0.05) is 28.4 Å². The van der Waals surface area contributed by atoms with Crippen molar-refractivity contribution in [3.8, 4) is 0 Å². The van der Waals surface area contributed by atoms with Crippen molar-refractivity contribution < 1.29 is 4.79 Å². The van der Waals surface area contributed by atoms with Crippen molar-refractivity contribution in [1.82, 2.24) is 5.32 Å². The second kappa shape index (κ2) is 4.03. The summed E-state index contributed by atoms with van der Waals surface area (Å²) in [5.41, 5.74) is 0.954. The number of hydrogen-bond donors (Lipinski definition) is 1. The molecule has 1 amide bonds. The number of amides is 1. The van der Waals surface area contributed by atoms with Gasteiger partial charge < -0.3 is 5.32 Å². The number of carbonyl (C=O) groups excluding carboxylic acids is 1. The summed E-state index contributed by atoms with van der Waals surface area (Å²) in [6.45, 7) is 1.98. The van der Waals surface area contributed by atoms with Gasteiger partial charge in [-0.3, -0.25) is 4.79 Å². The van der Waals surface area contributed by atoms with Crippen LogP contribution in [-0.2, 0) is 4.79 Å². The van der Waals surface area contributed by atoms with E-state index in [0.29, 0.717) is 16.5 Å². The molecule has 15 heavy (non-hydrogen) atoms. The molecule has 1 fully saturated rings. The highest BCUT2D eigenvalue weighted by Gasteiger charge is 2.31. The van der Waals surface area contributed by atoms with Crippen LogP contribution in [0.1, 0.15) is 24.8 Å². The molecule has 0 aliphatic carbocycles. The van der Waals surface area contributed by atoms with Crippen molar-refractivity contribution in [2.24, 2.45) is 0 Å². The van der Waals surface area contributed by atoms with Crippen molar-refractivity contribution in [2.75, 3.05) is 0 Å². The molecular formula is C11H11Cl2NO. The van der Waals surface area contributed by atoms with Crippen molar-refractivity contribution in [2.45, 2.75) is 25.3 Å². The molecule has 0 spiro atoms. The molecule has 2 rings (SSSR count). The van der Waals surface area contributed by atoms with Gasteiger partial charge in [0.15, 0.2) is 0 Å². The maximum atomic E-state index is 11.2. The summed E-state index contributed by atoms with van der Waals surface area (Å²) in [5.74, 6) is 0.201. The molecule has 1 N–H and O–H groups in total. The molecule has 0 saturated carbocycles. The smallest absolute Gasteiger partial charge is 0.220 e. The molecule has 2 unspecified atom stereocenters. The van der Waals surface area contributed by atoms with E-state index in [2.05, 4.69) is 5.32 Å². The first-order chi connectivity index (χ1) is 7.08. The minimum atomic E-state index is 0.0727. The second-order valence-electron chi connectivity index (χ2n) is 3.83. The average Bonchev–Trinajstić information content (AvgIpc) is 2.50. The molecule has 1 aliphatic heterocycles. The lowest BCUT2D eigenvalue weighted by Gasteiger charge is -2.16. The molecule has 0 aromatic heterocycles. The van der Waals surface area contributed by atoms with E-state index in [-0.39, 0.29) is 17.9 Å². The van der Waals surface area contributed by atoms with Crippen LogP contribution in [-0.4, -0.2) is 11.9 Å². The molecule has 1 saturated heterocycles. The van der Waals surface area contributed by atoms with Crippen molar-refractivity contribution in [3.05, 3.63) is 33.8 Å². The topological polar surface area (TPSA) is 29.1 Å². The number of benzene rings is 1. The Balaban J connectivity index is 2.36. The number of halogens is 2. The molecule has 1 aliphatic rings. The maximum absolute atomic E-state index is 11.2. The Kier molecular flexibility index (Phi) is 2.89. The highest BCUT2D eigenvalue weighted by atomic mass is 35.5. The Morgan fingerprint density at radius 1 is 1.40 bits per heavy atom. The largest absolute Gasteiger partial charge is 0.353 e. The van der Waals surface area contributed by atoms with Crippen molar-refractivity contribution in [3.63, 3.8) is 0 Å². The molecular weight excluding hydrogens is 233 g/mol. The number of hydrogen-bond acceptors (Lipinski definition) is 1. The molecule has 1 aromatic rings. The van der Waals surface area contributed by atoms with Gasteiger partial charge in [-0.25, -0.2) is 0 Å². The first kappa shape index (κ1) is 10.8. The highest BCUT2D eigenvalue weighted by Crippen LogP contribution is 2.34. The summed E-state index contributed by atoms with van der Waals surface area (Å²) >= 11 is 12.0. The third kappa shape index (κ3) is 2.11. The lowest BCUT2D eigenvalue weighted by atomic mass is 9.93. The van der Waals surface area contributed by atoms with Crippen LogP contribution in [0.2, 0.25) is 10.0 Å². The summed E-state index contributed by atoms with van der Waals surface area (Å²) in [4.78, 5) is 11.2. The molecule has 0 radical (unpaired) electrons. The lowest BCUT2D eigenvalue weighted by Crippen LogP contribution is -2.24. The summed E-state index contributed by atoms with van der Waals surface area (Å²) in [6, 6.07) is 5.48. The maximum Gasteiger partial charge on any atom is 0.220 e. The quantitative estimate of drug-likeness (QED) is 0.808. The van der Waals surface area contributed by atoms with Crippen LogP contribution in [0.3, 0.4) is 0 Å². The highest BCUT2D eigenvalue weighted by molar-refractivity contribution is 6.33. The fourth-order valence-corrected chi connectivity index (χ4v) is 2.41. The van der Waals surface area contributed by atoms with Crippen LogP contribution < -0.4 is 5.32 Å². The van der Waals surface area contributed by atoms with Crippen LogP contribution in [0, 0.1) is 0 Å². The molecule has 80 valence electrons. The van der Waals surface area contributed by atoms with Gasteiger partial charge in [0.05, 0.1) is 0 Å². The summed E-state index contributed by atoms with van der Waals surface area (Å²) in [6.07, 6.45) is 0.487. The zero-order valence-electron chi connectivity index (χ0n) is 8.26. The molecule has 1 aromatic carbocycles. The van der Waals surface area contributed by atoms with Gasteiger partial charge in [-0.1, -0.05) is 23.2 Å².